The number of carbonyl (C=O) groups excluding carboxylic acids is 1. The lowest BCUT2D eigenvalue weighted by atomic mass is 9.99. The Bertz CT molecular complexity index is 610. The summed E-state index contributed by atoms with van der Waals surface area (Å²) in [7, 11) is 1.64. The molecule has 0 spiro atoms. The van der Waals surface area contributed by atoms with Gasteiger partial charge in [0.25, 0.3) is 5.91 Å². The quantitative estimate of drug-likeness (QED) is 0.474. The average molecular weight is 364 g/mol. The van der Waals surface area contributed by atoms with Gasteiger partial charge < -0.3 is 4.74 Å². The molecule has 0 radical (unpaired) electrons. The minimum absolute atomic E-state index is 0.0377. The van der Waals surface area contributed by atoms with Crippen molar-refractivity contribution in [3.05, 3.63) is 34.7 Å². The van der Waals surface area contributed by atoms with Crippen LogP contribution in [0.15, 0.2) is 29.2 Å². The van der Waals surface area contributed by atoms with Gasteiger partial charge in [-0.05, 0) is 36.1 Å². The molecular formula is C19H25NO2S2. The molecule has 0 N–H and O–H groups in total. The van der Waals surface area contributed by atoms with E-state index >= 15 is 0 Å². The fourth-order valence-electron chi connectivity index (χ4n) is 2.68. The smallest absolute Gasteiger partial charge is 0.266 e. The molecule has 1 saturated heterocycles. The maximum Gasteiger partial charge on any atom is 0.266 e. The molecule has 3 nitrogen and oxygen atoms in total. The van der Waals surface area contributed by atoms with Gasteiger partial charge in [0.15, 0.2) is 0 Å². The van der Waals surface area contributed by atoms with Crippen LogP contribution in [-0.2, 0) is 4.79 Å². The molecule has 1 aromatic carbocycles. The highest BCUT2D eigenvalue weighted by Gasteiger charge is 2.33. The zero-order chi connectivity index (χ0) is 17.5. The average Bonchev–Trinajstić information content (AvgIpc) is 2.86. The van der Waals surface area contributed by atoms with Gasteiger partial charge in [0.05, 0.1) is 12.0 Å². The van der Waals surface area contributed by atoms with Crippen LogP contribution in [-0.4, -0.2) is 28.8 Å². The van der Waals surface area contributed by atoms with Crippen molar-refractivity contribution in [1.29, 1.82) is 0 Å². The predicted molar refractivity (Wildman–Crippen MR) is 106 cm³/mol. The summed E-state index contributed by atoms with van der Waals surface area (Å²) in [5.41, 5.74) is 0.981. The molecule has 0 saturated carbocycles. The van der Waals surface area contributed by atoms with Gasteiger partial charge in [0, 0.05) is 6.54 Å². The third kappa shape index (κ3) is 4.84. The van der Waals surface area contributed by atoms with Gasteiger partial charge in [0.2, 0.25) is 0 Å². The summed E-state index contributed by atoms with van der Waals surface area (Å²) in [6.07, 6.45) is 6.53. The number of carbonyl (C=O) groups is 1. The van der Waals surface area contributed by atoms with Crippen LogP contribution in [0.2, 0.25) is 0 Å². The first kappa shape index (κ1) is 19.0. The third-order valence-electron chi connectivity index (χ3n) is 4.27. The van der Waals surface area contributed by atoms with Crippen LogP contribution in [0.25, 0.3) is 6.08 Å². The molecule has 24 heavy (non-hydrogen) atoms. The van der Waals surface area contributed by atoms with Crippen molar-refractivity contribution in [3.63, 3.8) is 0 Å². The first-order valence-electron chi connectivity index (χ1n) is 8.48. The van der Waals surface area contributed by atoms with Crippen LogP contribution in [0.5, 0.6) is 5.75 Å². The second kappa shape index (κ2) is 9.23. The van der Waals surface area contributed by atoms with Gasteiger partial charge in [0.1, 0.15) is 10.1 Å². The number of methoxy groups -OCH3 is 1. The summed E-state index contributed by atoms with van der Waals surface area (Å²) in [5.74, 6) is 1.37. The Morgan fingerprint density at radius 3 is 2.58 bits per heavy atom. The van der Waals surface area contributed by atoms with Gasteiger partial charge >= 0.3 is 0 Å². The van der Waals surface area contributed by atoms with Crippen LogP contribution in [0.3, 0.4) is 0 Å². The molecule has 130 valence electrons. The van der Waals surface area contributed by atoms with Gasteiger partial charge in [-0.25, -0.2) is 0 Å². The molecule has 1 heterocycles. The zero-order valence-corrected chi connectivity index (χ0v) is 16.2. The van der Waals surface area contributed by atoms with Crippen LogP contribution in [0, 0.1) is 5.92 Å². The van der Waals surface area contributed by atoms with Gasteiger partial charge in [-0.3, -0.25) is 9.69 Å². The highest BCUT2D eigenvalue weighted by atomic mass is 32.2. The van der Waals surface area contributed by atoms with E-state index < -0.39 is 0 Å². The van der Waals surface area contributed by atoms with E-state index in [1.807, 2.05) is 30.3 Å². The van der Waals surface area contributed by atoms with Crippen molar-refractivity contribution in [1.82, 2.24) is 4.90 Å². The molecule has 1 amide bonds. The highest BCUT2D eigenvalue weighted by molar-refractivity contribution is 8.26. The summed E-state index contributed by atoms with van der Waals surface area (Å²) in [5, 5.41) is 0. The summed E-state index contributed by atoms with van der Waals surface area (Å²) in [6, 6.07) is 7.68. The molecule has 1 fully saturated rings. The standard InChI is InChI=1S/C19H25NO2S2/c1-4-6-7-14(5-2)13-20-18(21)17(24-19(20)23)12-15-8-10-16(22-3)11-9-15/h8-12,14H,4-7,13H2,1-3H3/b17-12-/t14-/m1/s1. The minimum Gasteiger partial charge on any atom is -0.497 e. The van der Waals surface area contributed by atoms with Crippen molar-refractivity contribution >= 4 is 40.3 Å². The molecule has 0 aliphatic carbocycles. The lowest BCUT2D eigenvalue weighted by molar-refractivity contribution is -0.122. The number of benzene rings is 1. The number of hydrogen-bond acceptors (Lipinski definition) is 4. The number of rotatable bonds is 8. The second-order valence-electron chi connectivity index (χ2n) is 5.98. The van der Waals surface area contributed by atoms with E-state index in [2.05, 4.69) is 13.8 Å². The summed E-state index contributed by atoms with van der Waals surface area (Å²) >= 11 is 6.84. The van der Waals surface area contributed by atoms with Gasteiger partial charge in [-0.1, -0.05) is 69.2 Å². The highest BCUT2D eigenvalue weighted by Crippen LogP contribution is 2.34. The van der Waals surface area contributed by atoms with Crippen molar-refractivity contribution in [2.75, 3.05) is 13.7 Å². The predicted octanol–water partition coefficient (Wildman–Crippen LogP) is 5.11. The van der Waals surface area contributed by atoms with Crippen LogP contribution in [0.4, 0.5) is 0 Å². The SMILES string of the molecule is CCCC[C@@H](CC)CN1C(=O)/C(=C/c2ccc(OC)cc2)SC1=S. The van der Waals surface area contributed by atoms with E-state index in [-0.39, 0.29) is 5.91 Å². The Hall–Kier alpha value is -1.33. The summed E-state index contributed by atoms with van der Waals surface area (Å²) < 4.78 is 5.84. The zero-order valence-electron chi connectivity index (χ0n) is 14.6. The van der Waals surface area contributed by atoms with Crippen molar-refractivity contribution in [2.45, 2.75) is 39.5 Å². The fourth-order valence-corrected chi connectivity index (χ4v) is 3.96. The van der Waals surface area contributed by atoms with Crippen LogP contribution >= 0.6 is 24.0 Å². The number of amides is 1. The largest absolute Gasteiger partial charge is 0.497 e. The van der Waals surface area contributed by atoms with E-state index in [0.29, 0.717) is 15.1 Å². The Balaban J connectivity index is 2.08. The molecule has 1 aliphatic heterocycles. The van der Waals surface area contributed by atoms with Gasteiger partial charge in [-0.2, -0.15) is 0 Å². The van der Waals surface area contributed by atoms with Gasteiger partial charge in [-0.15, -0.1) is 0 Å². The number of thiocarbonyl (C=S) groups is 1. The normalized spacial score (nSPS) is 17.6. The van der Waals surface area contributed by atoms with E-state index in [0.717, 1.165) is 30.7 Å². The van der Waals surface area contributed by atoms with Crippen LogP contribution < -0.4 is 4.74 Å². The molecule has 1 aliphatic rings. The molecule has 2 rings (SSSR count). The third-order valence-corrected chi connectivity index (χ3v) is 5.65. The Morgan fingerprint density at radius 2 is 2.00 bits per heavy atom. The summed E-state index contributed by atoms with van der Waals surface area (Å²) in [4.78, 5) is 15.2. The first-order valence-corrected chi connectivity index (χ1v) is 9.70. The monoisotopic (exact) mass is 363 g/mol. The first-order chi connectivity index (χ1) is 11.6. The molecule has 1 atom stereocenters. The van der Waals surface area contributed by atoms with E-state index in [9.17, 15) is 4.79 Å². The van der Waals surface area contributed by atoms with E-state index in [1.165, 1.54) is 24.6 Å². The van der Waals surface area contributed by atoms with Crippen molar-refractivity contribution < 1.29 is 9.53 Å². The Labute approximate surface area is 154 Å². The molecule has 0 unspecified atom stereocenters. The maximum absolute atomic E-state index is 12.7. The maximum atomic E-state index is 12.7. The number of unbranched alkanes of at least 4 members (excludes halogenated alkanes) is 1. The molecule has 0 aromatic heterocycles. The van der Waals surface area contributed by atoms with Crippen molar-refractivity contribution in [2.24, 2.45) is 5.92 Å². The number of hydrogen-bond donors (Lipinski definition) is 0. The number of nitrogens with zero attached hydrogens (tertiary/aromatic N) is 1. The lowest BCUT2D eigenvalue weighted by Crippen LogP contribution is -2.33. The molecule has 0 bridgehead atoms. The van der Waals surface area contributed by atoms with Crippen molar-refractivity contribution in [3.8, 4) is 5.75 Å². The molecule has 1 aromatic rings. The second-order valence-corrected chi connectivity index (χ2v) is 7.66. The Morgan fingerprint density at radius 1 is 1.29 bits per heavy atom. The van der Waals surface area contributed by atoms with E-state index in [1.54, 1.807) is 12.0 Å². The Kier molecular flexibility index (Phi) is 7.31. The number of thioether (sulfide) groups is 1. The molecule has 5 heteroatoms. The van der Waals surface area contributed by atoms with Crippen LogP contribution in [0.1, 0.15) is 45.1 Å². The number of ether oxygens (including phenoxy) is 1. The minimum atomic E-state index is 0.0377. The fraction of sp³-hybridized carbons (Fsp3) is 0.474. The topological polar surface area (TPSA) is 29.5 Å². The van der Waals surface area contributed by atoms with E-state index in [4.69, 9.17) is 17.0 Å². The molecular weight excluding hydrogens is 338 g/mol. The summed E-state index contributed by atoms with van der Waals surface area (Å²) in [6.45, 7) is 5.12. The lowest BCUT2D eigenvalue weighted by Gasteiger charge is -2.21.